The second kappa shape index (κ2) is 5.55. The van der Waals surface area contributed by atoms with Gasteiger partial charge >= 0.3 is 0 Å². The molecule has 1 heterocycles. The van der Waals surface area contributed by atoms with E-state index in [4.69, 9.17) is 5.84 Å². The maximum absolute atomic E-state index is 12.3. The van der Waals surface area contributed by atoms with Gasteiger partial charge in [-0.1, -0.05) is 12.1 Å². The highest BCUT2D eigenvalue weighted by molar-refractivity contribution is 9.10. The monoisotopic (exact) mass is 342 g/mol. The Morgan fingerprint density at radius 2 is 1.89 bits per heavy atom. The number of nitrogen functional groups attached to an aromatic ring is 1. The first-order valence-electron chi connectivity index (χ1n) is 5.23. The Morgan fingerprint density at radius 3 is 2.58 bits per heavy atom. The Kier molecular flexibility index (Phi) is 4.03. The topological polar surface area (TPSA) is 97.1 Å². The van der Waals surface area contributed by atoms with Gasteiger partial charge in [0, 0.05) is 10.7 Å². The summed E-state index contributed by atoms with van der Waals surface area (Å²) in [6.45, 7) is 0. The third-order valence-electron chi connectivity index (χ3n) is 2.32. The molecule has 0 spiro atoms. The van der Waals surface area contributed by atoms with Gasteiger partial charge in [-0.25, -0.2) is 19.2 Å². The average molecular weight is 343 g/mol. The molecule has 0 atom stereocenters. The SMILES string of the molecule is NNc1ncccc1S(=O)(=O)Nc1ccccc1Br. The number of rotatable bonds is 4. The molecule has 0 bridgehead atoms. The average Bonchev–Trinajstić information content (AvgIpc) is 2.41. The van der Waals surface area contributed by atoms with Gasteiger partial charge in [0.2, 0.25) is 0 Å². The molecule has 0 aliphatic rings. The van der Waals surface area contributed by atoms with Gasteiger partial charge in [-0.05, 0) is 40.2 Å². The van der Waals surface area contributed by atoms with Crippen molar-refractivity contribution in [1.29, 1.82) is 0 Å². The van der Waals surface area contributed by atoms with Gasteiger partial charge in [-0.2, -0.15) is 0 Å². The number of aromatic nitrogens is 1. The van der Waals surface area contributed by atoms with Crippen molar-refractivity contribution < 1.29 is 8.42 Å². The van der Waals surface area contributed by atoms with Crippen molar-refractivity contribution in [2.24, 2.45) is 5.84 Å². The van der Waals surface area contributed by atoms with Crippen LogP contribution in [-0.2, 0) is 10.0 Å². The normalized spacial score (nSPS) is 11.1. The fourth-order valence-corrected chi connectivity index (χ4v) is 3.18. The minimum Gasteiger partial charge on any atom is -0.307 e. The molecular formula is C11H11BrN4O2S. The predicted molar refractivity (Wildman–Crippen MR) is 77.0 cm³/mol. The molecule has 6 nitrogen and oxygen atoms in total. The van der Waals surface area contributed by atoms with Crippen LogP contribution in [0.15, 0.2) is 52.0 Å². The van der Waals surface area contributed by atoms with Crippen LogP contribution in [0.5, 0.6) is 0 Å². The Balaban J connectivity index is 2.41. The molecule has 1 aromatic heterocycles. The first-order valence-corrected chi connectivity index (χ1v) is 7.51. The third kappa shape index (κ3) is 3.03. The molecule has 19 heavy (non-hydrogen) atoms. The highest BCUT2D eigenvalue weighted by atomic mass is 79.9. The summed E-state index contributed by atoms with van der Waals surface area (Å²) in [4.78, 5) is 3.84. The molecule has 0 amide bonds. The van der Waals surface area contributed by atoms with Crippen molar-refractivity contribution in [1.82, 2.24) is 4.98 Å². The van der Waals surface area contributed by atoms with E-state index in [1.807, 2.05) is 0 Å². The summed E-state index contributed by atoms with van der Waals surface area (Å²) >= 11 is 3.27. The number of nitrogens with one attached hydrogen (secondary N) is 2. The van der Waals surface area contributed by atoms with Crippen molar-refractivity contribution >= 4 is 37.5 Å². The Bertz CT molecular complexity index is 691. The molecule has 0 fully saturated rings. The Hall–Kier alpha value is -1.64. The quantitative estimate of drug-likeness (QED) is 0.582. The number of nitrogens with zero attached hydrogens (tertiary/aromatic N) is 1. The lowest BCUT2D eigenvalue weighted by atomic mass is 10.3. The van der Waals surface area contributed by atoms with Gasteiger partial charge in [0.05, 0.1) is 5.69 Å². The van der Waals surface area contributed by atoms with Gasteiger partial charge in [-0.3, -0.25) is 4.72 Å². The maximum atomic E-state index is 12.3. The number of sulfonamides is 1. The summed E-state index contributed by atoms with van der Waals surface area (Å²) in [7, 11) is -3.76. The van der Waals surface area contributed by atoms with Crippen molar-refractivity contribution in [2.45, 2.75) is 4.90 Å². The van der Waals surface area contributed by atoms with E-state index in [2.05, 4.69) is 31.1 Å². The molecular weight excluding hydrogens is 332 g/mol. The molecule has 4 N–H and O–H groups in total. The molecule has 1 aromatic carbocycles. The number of pyridine rings is 1. The number of para-hydroxylation sites is 1. The smallest absolute Gasteiger partial charge is 0.265 e. The van der Waals surface area contributed by atoms with Crippen LogP contribution in [-0.4, -0.2) is 13.4 Å². The highest BCUT2D eigenvalue weighted by Gasteiger charge is 2.19. The fraction of sp³-hybridized carbons (Fsp3) is 0. The summed E-state index contributed by atoms with van der Waals surface area (Å²) in [5.74, 6) is 5.34. The summed E-state index contributed by atoms with van der Waals surface area (Å²) in [6.07, 6.45) is 1.45. The van der Waals surface area contributed by atoms with Gasteiger partial charge in [0.15, 0.2) is 5.82 Å². The van der Waals surface area contributed by atoms with Crippen LogP contribution in [0.25, 0.3) is 0 Å². The molecule has 0 saturated carbocycles. The van der Waals surface area contributed by atoms with E-state index in [1.165, 1.54) is 18.3 Å². The lowest BCUT2D eigenvalue weighted by Crippen LogP contribution is -2.18. The number of benzene rings is 1. The molecule has 2 aromatic rings. The largest absolute Gasteiger partial charge is 0.307 e. The number of hydrogen-bond donors (Lipinski definition) is 3. The fourth-order valence-electron chi connectivity index (χ4n) is 1.46. The first-order chi connectivity index (χ1) is 9.04. The Labute approximate surface area is 119 Å². The van der Waals surface area contributed by atoms with Gasteiger partial charge < -0.3 is 5.43 Å². The summed E-state index contributed by atoms with van der Waals surface area (Å²) in [5, 5.41) is 0. The van der Waals surface area contributed by atoms with Gasteiger partial charge in [-0.15, -0.1) is 0 Å². The zero-order valence-electron chi connectivity index (χ0n) is 9.67. The number of nitrogens with two attached hydrogens (primary N) is 1. The third-order valence-corrected chi connectivity index (χ3v) is 4.40. The Morgan fingerprint density at radius 1 is 1.16 bits per heavy atom. The number of anilines is 2. The lowest BCUT2D eigenvalue weighted by molar-refractivity contribution is 0.601. The predicted octanol–water partition coefficient (Wildman–Crippen LogP) is 1.93. The molecule has 0 radical (unpaired) electrons. The molecule has 2 rings (SSSR count). The van der Waals surface area contributed by atoms with Crippen molar-refractivity contribution in [3.8, 4) is 0 Å². The van der Waals surface area contributed by atoms with E-state index in [-0.39, 0.29) is 10.7 Å². The summed E-state index contributed by atoms with van der Waals surface area (Å²) in [6, 6.07) is 9.85. The number of hydrazine groups is 1. The van der Waals surface area contributed by atoms with E-state index in [9.17, 15) is 8.42 Å². The zero-order chi connectivity index (χ0) is 13.9. The van der Waals surface area contributed by atoms with Crippen LogP contribution in [0, 0.1) is 0 Å². The summed E-state index contributed by atoms with van der Waals surface area (Å²) < 4.78 is 27.6. The second-order valence-corrected chi connectivity index (χ2v) is 6.08. The van der Waals surface area contributed by atoms with Crippen LogP contribution >= 0.6 is 15.9 Å². The minimum absolute atomic E-state index is 0.0201. The first kappa shape index (κ1) is 13.8. The van der Waals surface area contributed by atoms with Crippen LogP contribution in [0.2, 0.25) is 0 Å². The molecule has 0 unspecified atom stereocenters. The van der Waals surface area contributed by atoms with Crippen LogP contribution in [0.4, 0.5) is 11.5 Å². The van der Waals surface area contributed by atoms with Gasteiger partial charge in [0.1, 0.15) is 4.90 Å². The molecule has 8 heteroatoms. The number of hydrogen-bond acceptors (Lipinski definition) is 5. The van der Waals surface area contributed by atoms with E-state index >= 15 is 0 Å². The molecule has 0 saturated heterocycles. The lowest BCUT2D eigenvalue weighted by Gasteiger charge is -2.11. The summed E-state index contributed by atoms with van der Waals surface area (Å²) in [5.41, 5.74) is 2.70. The van der Waals surface area contributed by atoms with Gasteiger partial charge in [0.25, 0.3) is 10.0 Å². The van der Waals surface area contributed by atoms with E-state index in [0.717, 1.165) is 0 Å². The van der Waals surface area contributed by atoms with Crippen molar-refractivity contribution in [3.05, 3.63) is 47.1 Å². The highest BCUT2D eigenvalue weighted by Crippen LogP contribution is 2.26. The molecule has 0 aliphatic heterocycles. The maximum Gasteiger partial charge on any atom is 0.265 e. The van der Waals surface area contributed by atoms with E-state index in [0.29, 0.717) is 10.2 Å². The van der Waals surface area contributed by atoms with Crippen LogP contribution in [0.3, 0.4) is 0 Å². The van der Waals surface area contributed by atoms with E-state index < -0.39 is 10.0 Å². The molecule has 100 valence electrons. The standard InChI is InChI=1S/C11H11BrN4O2S/c12-8-4-1-2-5-9(8)16-19(17,18)10-6-3-7-14-11(10)15-13/h1-7,16H,13H2,(H,14,15). The van der Waals surface area contributed by atoms with E-state index in [1.54, 1.807) is 24.3 Å². The van der Waals surface area contributed by atoms with Crippen LogP contribution < -0.4 is 16.0 Å². The minimum atomic E-state index is -3.76. The molecule has 0 aliphatic carbocycles. The van der Waals surface area contributed by atoms with Crippen molar-refractivity contribution in [2.75, 3.05) is 10.1 Å². The number of halogens is 1. The van der Waals surface area contributed by atoms with Crippen molar-refractivity contribution in [3.63, 3.8) is 0 Å². The zero-order valence-corrected chi connectivity index (χ0v) is 12.1. The van der Waals surface area contributed by atoms with Crippen LogP contribution in [0.1, 0.15) is 0 Å². The second-order valence-electron chi connectivity index (χ2n) is 3.58.